The first-order chi connectivity index (χ1) is 9.59. The maximum Gasteiger partial charge on any atom is 0.215 e. The Balaban J connectivity index is 1.85. The fourth-order valence-corrected chi connectivity index (χ4v) is 3.37. The summed E-state index contributed by atoms with van der Waals surface area (Å²) in [5, 5.41) is 8.95. The van der Waals surface area contributed by atoms with Crippen molar-refractivity contribution in [1.29, 1.82) is 0 Å². The van der Waals surface area contributed by atoms with Crippen LogP contribution in [0.25, 0.3) is 0 Å². The Morgan fingerprint density at radius 3 is 2.50 bits per heavy atom. The lowest BCUT2D eigenvalue weighted by molar-refractivity contribution is 0.0200. The summed E-state index contributed by atoms with van der Waals surface area (Å²) >= 11 is 0. The summed E-state index contributed by atoms with van der Waals surface area (Å²) in [7, 11) is -3.35. The Bertz CT molecular complexity index is 506. The molecule has 2 rings (SSSR count). The zero-order valence-electron chi connectivity index (χ0n) is 11.4. The van der Waals surface area contributed by atoms with E-state index in [1.54, 1.807) is 24.3 Å². The molecule has 1 aliphatic heterocycles. The summed E-state index contributed by atoms with van der Waals surface area (Å²) in [5.41, 5.74) is 1.48. The van der Waals surface area contributed by atoms with Crippen molar-refractivity contribution in [3.8, 4) is 0 Å². The Morgan fingerprint density at radius 1 is 1.20 bits per heavy atom. The molecule has 1 unspecified atom stereocenters. The number of aliphatic hydroxyl groups is 1. The lowest BCUT2D eigenvalue weighted by Gasteiger charge is -2.22. The minimum absolute atomic E-state index is 0.00436. The van der Waals surface area contributed by atoms with Gasteiger partial charge in [0.25, 0.3) is 0 Å². The number of rotatable bonds is 6. The maximum absolute atomic E-state index is 12.0. The van der Waals surface area contributed by atoms with Crippen LogP contribution >= 0.6 is 0 Å². The second-order valence-corrected chi connectivity index (χ2v) is 6.88. The Kier molecular flexibility index (Phi) is 5.54. The van der Waals surface area contributed by atoms with Crippen LogP contribution in [0, 0.1) is 0 Å². The zero-order valence-corrected chi connectivity index (χ0v) is 12.2. The van der Waals surface area contributed by atoms with E-state index in [0.717, 1.165) is 31.4 Å². The number of hydrogen-bond acceptors (Lipinski definition) is 4. The number of sulfonamides is 1. The van der Waals surface area contributed by atoms with Gasteiger partial charge >= 0.3 is 0 Å². The number of ether oxygens (including phenoxy) is 1. The molecule has 2 N–H and O–H groups in total. The molecule has 6 heteroatoms. The minimum atomic E-state index is -3.35. The van der Waals surface area contributed by atoms with E-state index >= 15 is 0 Å². The smallest absolute Gasteiger partial charge is 0.215 e. The van der Waals surface area contributed by atoms with Gasteiger partial charge in [-0.15, -0.1) is 0 Å². The normalized spacial score (nSPS) is 19.9. The van der Waals surface area contributed by atoms with Gasteiger partial charge in [0, 0.05) is 13.2 Å². The third-order valence-corrected chi connectivity index (χ3v) is 4.69. The highest BCUT2D eigenvalue weighted by molar-refractivity contribution is 7.88. The first kappa shape index (κ1) is 15.4. The molecule has 1 atom stereocenters. The monoisotopic (exact) mass is 299 g/mol. The van der Waals surface area contributed by atoms with Gasteiger partial charge in [-0.05, 0) is 30.4 Å². The zero-order chi connectivity index (χ0) is 14.4. The van der Waals surface area contributed by atoms with E-state index in [4.69, 9.17) is 9.84 Å². The highest BCUT2D eigenvalue weighted by atomic mass is 32.2. The van der Waals surface area contributed by atoms with Crippen molar-refractivity contribution in [1.82, 2.24) is 4.72 Å². The number of nitrogens with one attached hydrogen (secondary N) is 1. The lowest BCUT2D eigenvalue weighted by atomic mass is 10.1. The molecule has 0 aromatic heterocycles. The summed E-state index contributed by atoms with van der Waals surface area (Å²) in [6.07, 6.45) is 3.05. The fraction of sp³-hybridized carbons (Fsp3) is 0.571. The first-order valence-electron chi connectivity index (χ1n) is 6.87. The highest BCUT2D eigenvalue weighted by Gasteiger charge is 2.18. The van der Waals surface area contributed by atoms with Crippen LogP contribution in [-0.2, 0) is 27.1 Å². The Labute approximate surface area is 120 Å². The summed E-state index contributed by atoms with van der Waals surface area (Å²) in [6.45, 7) is 1.02. The van der Waals surface area contributed by atoms with E-state index in [-0.39, 0.29) is 18.5 Å². The van der Waals surface area contributed by atoms with E-state index in [0.29, 0.717) is 12.1 Å². The summed E-state index contributed by atoms with van der Waals surface area (Å²) in [6, 6.07) is 6.91. The predicted molar refractivity (Wildman–Crippen MR) is 76.6 cm³/mol. The maximum atomic E-state index is 12.0. The molecule has 112 valence electrons. The Hall–Kier alpha value is -0.950. The van der Waals surface area contributed by atoms with E-state index in [1.807, 2.05) is 0 Å². The van der Waals surface area contributed by atoms with Crippen LogP contribution in [0.15, 0.2) is 24.3 Å². The van der Waals surface area contributed by atoms with Crippen molar-refractivity contribution < 1.29 is 18.3 Å². The second kappa shape index (κ2) is 7.17. The molecule has 1 heterocycles. The van der Waals surface area contributed by atoms with Gasteiger partial charge in [0.05, 0.1) is 18.5 Å². The molecule has 1 aromatic rings. The van der Waals surface area contributed by atoms with Gasteiger partial charge in [0.2, 0.25) is 10.0 Å². The predicted octanol–water partition coefficient (Wildman–Crippen LogP) is 1.17. The van der Waals surface area contributed by atoms with Crippen LogP contribution in [0.5, 0.6) is 0 Å². The van der Waals surface area contributed by atoms with Crippen LogP contribution in [0.1, 0.15) is 30.4 Å². The largest absolute Gasteiger partial charge is 0.392 e. The van der Waals surface area contributed by atoms with Crippen LogP contribution < -0.4 is 4.72 Å². The van der Waals surface area contributed by atoms with Crippen molar-refractivity contribution in [2.24, 2.45) is 0 Å². The molecule has 1 fully saturated rings. The fourth-order valence-electron chi connectivity index (χ4n) is 2.20. The number of hydrogen-bond donors (Lipinski definition) is 2. The van der Waals surface area contributed by atoms with Gasteiger partial charge < -0.3 is 9.84 Å². The van der Waals surface area contributed by atoms with Crippen molar-refractivity contribution in [2.45, 2.75) is 37.7 Å². The first-order valence-corrected chi connectivity index (χ1v) is 8.52. The molecule has 1 aromatic carbocycles. The van der Waals surface area contributed by atoms with Crippen LogP contribution in [0.4, 0.5) is 0 Å². The molecule has 1 aliphatic rings. The molecule has 0 aliphatic carbocycles. The van der Waals surface area contributed by atoms with E-state index in [1.165, 1.54) is 0 Å². The third kappa shape index (κ3) is 4.86. The molecule has 0 bridgehead atoms. The van der Waals surface area contributed by atoms with Crippen LogP contribution in [-0.4, -0.2) is 32.8 Å². The topological polar surface area (TPSA) is 75.6 Å². The minimum Gasteiger partial charge on any atom is -0.392 e. The van der Waals surface area contributed by atoms with E-state index < -0.39 is 10.0 Å². The summed E-state index contributed by atoms with van der Waals surface area (Å²) in [5.74, 6) is -0.0502. The molecule has 5 nitrogen and oxygen atoms in total. The third-order valence-electron chi connectivity index (χ3n) is 3.37. The van der Waals surface area contributed by atoms with Crippen molar-refractivity contribution in [2.75, 3.05) is 13.2 Å². The van der Waals surface area contributed by atoms with Gasteiger partial charge in [-0.3, -0.25) is 0 Å². The average molecular weight is 299 g/mol. The van der Waals surface area contributed by atoms with Crippen molar-refractivity contribution in [3.63, 3.8) is 0 Å². The molecular weight excluding hydrogens is 278 g/mol. The molecule has 0 radical (unpaired) electrons. The SMILES string of the molecule is O=S(=O)(Cc1ccc(CO)cc1)NCC1CCCCO1. The van der Waals surface area contributed by atoms with E-state index in [9.17, 15) is 8.42 Å². The highest BCUT2D eigenvalue weighted by Crippen LogP contribution is 2.13. The molecule has 20 heavy (non-hydrogen) atoms. The van der Waals surface area contributed by atoms with Gasteiger partial charge in [0.1, 0.15) is 0 Å². The van der Waals surface area contributed by atoms with Gasteiger partial charge in [-0.1, -0.05) is 24.3 Å². The Morgan fingerprint density at radius 2 is 1.90 bits per heavy atom. The molecule has 0 amide bonds. The molecular formula is C14H21NO4S. The second-order valence-electron chi connectivity index (χ2n) is 5.07. The average Bonchev–Trinajstić information content (AvgIpc) is 2.47. The lowest BCUT2D eigenvalue weighted by Crippen LogP contribution is -2.36. The number of aliphatic hydroxyl groups excluding tert-OH is 1. The van der Waals surface area contributed by atoms with Crippen molar-refractivity contribution in [3.05, 3.63) is 35.4 Å². The van der Waals surface area contributed by atoms with Gasteiger partial charge in [0.15, 0.2) is 0 Å². The summed E-state index contributed by atoms with van der Waals surface area (Å²) in [4.78, 5) is 0. The van der Waals surface area contributed by atoms with Gasteiger partial charge in [-0.2, -0.15) is 0 Å². The van der Waals surface area contributed by atoms with Crippen LogP contribution in [0.3, 0.4) is 0 Å². The van der Waals surface area contributed by atoms with Crippen LogP contribution in [0.2, 0.25) is 0 Å². The van der Waals surface area contributed by atoms with E-state index in [2.05, 4.69) is 4.72 Å². The number of benzene rings is 1. The van der Waals surface area contributed by atoms with Crippen molar-refractivity contribution >= 4 is 10.0 Å². The molecule has 0 spiro atoms. The standard InChI is InChI=1S/C14H21NO4S/c16-10-12-4-6-13(7-5-12)11-20(17,18)15-9-14-3-1-2-8-19-14/h4-7,14-16H,1-3,8-11H2. The molecule has 0 saturated carbocycles. The van der Waals surface area contributed by atoms with Gasteiger partial charge in [-0.25, -0.2) is 13.1 Å². The quantitative estimate of drug-likeness (QED) is 0.827. The summed E-state index contributed by atoms with van der Waals surface area (Å²) < 4.78 is 32.1. The molecule has 1 saturated heterocycles.